The average Bonchev–Trinajstić information content (AvgIpc) is 3.38. The lowest BCUT2D eigenvalue weighted by molar-refractivity contribution is -0.137. The fourth-order valence-electron chi connectivity index (χ4n) is 4.41. The van der Waals surface area contributed by atoms with Crippen molar-refractivity contribution >= 4 is 18.0 Å². The average molecular weight is 477 g/mol. The van der Waals surface area contributed by atoms with E-state index in [1.165, 1.54) is 4.68 Å². The molecule has 35 heavy (non-hydrogen) atoms. The van der Waals surface area contributed by atoms with E-state index in [9.17, 15) is 14.4 Å². The van der Waals surface area contributed by atoms with E-state index < -0.39 is 24.0 Å². The molecule has 0 spiro atoms. The zero-order chi connectivity index (χ0) is 24.9. The summed E-state index contributed by atoms with van der Waals surface area (Å²) in [5, 5.41) is 18.6. The first-order valence-electron chi connectivity index (χ1n) is 11.5. The Morgan fingerprint density at radius 3 is 2.31 bits per heavy atom. The lowest BCUT2D eigenvalue weighted by atomic mass is 9.98. The summed E-state index contributed by atoms with van der Waals surface area (Å²) in [4.78, 5) is 35.9. The standard InChI is InChI=1S/C26H28N4O5/c1-3-16(13-24(31)32)28-25(33)23-12-17(29-30(23)2)14-27-26(34)35-15-22-20-10-6-4-8-18(20)19-9-5-7-11-21(19)22/h4-12,16,22H,3,13-15H2,1-2H3,(H,27,34)(H,28,33)(H,31,32)/t16-/m1/s1. The Bertz CT molecular complexity index is 1210. The Morgan fingerprint density at radius 2 is 1.71 bits per heavy atom. The number of benzene rings is 2. The van der Waals surface area contributed by atoms with Crippen LogP contribution in [0, 0.1) is 0 Å². The van der Waals surface area contributed by atoms with Crippen LogP contribution in [0.15, 0.2) is 54.6 Å². The second-order valence-corrected chi connectivity index (χ2v) is 8.50. The molecule has 2 aromatic carbocycles. The molecular weight excluding hydrogens is 448 g/mol. The predicted molar refractivity (Wildman–Crippen MR) is 129 cm³/mol. The summed E-state index contributed by atoms with van der Waals surface area (Å²) in [7, 11) is 1.61. The van der Waals surface area contributed by atoms with Crippen LogP contribution in [-0.4, -0.2) is 45.5 Å². The van der Waals surface area contributed by atoms with Gasteiger partial charge in [0.2, 0.25) is 0 Å². The number of alkyl carbamates (subject to hydrolysis) is 1. The van der Waals surface area contributed by atoms with Gasteiger partial charge < -0.3 is 20.5 Å². The Labute approximate surface area is 203 Å². The maximum atomic E-state index is 12.5. The van der Waals surface area contributed by atoms with Crippen molar-refractivity contribution in [1.82, 2.24) is 20.4 Å². The number of carboxylic acid groups (broad SMARTS) is 1. The van der Waals surface area contributed by atoms with Crippen molar-refractivity contribution in [3.8, 4) is 11.1 Å². The number of nitrogens with zero attached hydrogens (tertiary/aromatic N) is 2. The highest BCUT2D eigenvalue weighted by molar-refractivity contribution is 5.93. The minimum absolute atomic E-state index is 0.0318. The molecule has 1 atom stereocenters. The van der Waals surface area contributed by atoms with Gasteiger partial charge in [-0.1, -0.05) is 55.5 Å². The highest BCUT2D eigenvalue weighted by Gasteiger charge is 2.29. The molecule has 0 aliphatic heterocycles. The molecule has 0 saturated heterocycles. The quantitative estimate of drug-likeness (QED) is 0.435. The number of carbonyl (C=O) groups is 3. The lowest BCUT2D eigenvalue weighted by Gasteiger charge is -2.14. The molecule has 1 aliphatic rings. The van der Waals surface area contributed by atoms with Crippen molar-refractivity contribution in [3.05, 3.63) is 77.1 Å². The van der Waals surface area contributed by atoms with Crippen LogP contribution in [0.2, 0.25) is 0 Å². The molecule has 3 aromatic rings. The lowest BCUT2D eigenvalue weighted by Crippen LogP contribution is -2.36. The molecule has 0 bridgehead atoms. The van der Waals surface area contributed by atoms with E-state index in [1.807, 2.05) is 24.3 Å². The SMILES string of the molecule is CC[C@H](CC(=O)O)NC(=O)c1cc(CNC(=O)OCC2c3ccccc3-c3ccccc32)nn1C. The van der Waals surface area contributed by atoms with E-state index in [0.29, 0.717) is 12.1 Å². The molecule has 1 aromatic heterocycles. The van der Waals surface area contributed by atoms with Gasteiger partial charge in [-0.25, -0.2) is 4.79 Å². The van der Waals surface area contributed by atoms with E-state index in [1.54, 1.807) is 20.0 Å². The van der Waals surface area contributed by atoms with Crippen LogP contribution in [0.5, 0.6) is 0 Å². The van der Waals surface area contributed by atoms with Crippen LogP contribution in [0.1, 0.15) is 53.0 Å². The second kappa shape index (κ2) is 10.4. The van der Waals surface area contributed by atoms with Gasteiger partial charge in [0.1, 0.15) is 12.3 Å². The number of carboxylic acids is 1. The van der Waals surface area contributed by atoms with Crippen LogP contribution >= 0.6 is 0 Å². The molecule has 182 valence electrons. The molecule has 2 amide bonds. The molecule has 1 heterocycles. The van der Waals surface area contributed by atoms with E-state index in [2.05, 4.69) is 40.0 Å². The van der Waals surface area contributed by atoms with Gasteiger partial charge >= 0.3 is 12.1 Å². The van der Waals surface area contributed by atoms with Crippen molar-refractivity contribution in [1.29, 1.82) is 0 Å². The maximum absolute atomic E-state index is 12.5. The summed E-state index contributed by atoms with van der Waals surface area (Å²) >= 11 is 0. The molecule has 0 saturated carbocycles. The minimum atomic E-state index is -0.977. The molecular formula is C26H28N4O5. The Kier molecular flexibility index (Phi) is 7.14. The third-order valence-electron chi connectivity index (χ3n) is 6.17. The number of nitrogens with one attached hydrogen (secondary N) is 2. The second-order valence-electron chi connectivity index (χ2n) is 8.50. The van der Waals surface area contributed by atoms with Crippen LogP contribution < -0.4 is 10.6 Å². The predicted octanol–water partition coefficient (Wildman–Crippen LogP) is 3.44. The van der Waals surface area contributed by atoms with E-state index in [0.717, 1.165) is 22.3 Å². The van der Waals surface area contributed by atoms with E-state index in [-0.39, 0.29) is 31.2 Å². The number of ether oxygens (including phenoxy) is 1. The van der Waals surface area contributed by atoms with Crippen molar-refractivity contribution in [2.24, 2.45) is 7.05 Å². The van der Waals surface area contributed by atoms with Gasteiger partial charge in [-0.2, -0.15) is 5.10 Å². The van der Waals surface area contributed by atoms with Crippen LogP contribution in [-0.2, 0) is 23.1 Å². The molecule has 4 rings (SSSR count). The monoisotopic (exact) mass is 476 g/mol. The normalized spacial score (nSPS) is 13.0. The first kappa shape index (κ1) is 24.0. The first-order chi connectivity index (χ1) is 16.9. The number of aryl methyl sites for hydroxylation is 1. The number of rotatable bonds is 9. The topological polar surface area (TPSA) is 123 Å². The Morgan fingerprint density at radius 1 is 1.09 bits per heavy atom. The van der Waals surface area contributed by atoms with Gasteiger partial charge in [0.25, 0.3) is 5.91 Å². The van der Waals surface area contributed by atoms with Crippen molar-refractivity contribution in [3.63, 3.8) is 0 Å². The highest BCUT2D eigenvalue weighted by atomic mass is 16.5. The van der Waals surface area contributed by atoms with Crippen molar-refractivity contribution in [2.45, 2.75) is 38.3 Å². The van der Waals surface area contributed by atoms with E-state index >= 15 is 0 Å². The Balaban J connectivity index is 1.33. The van der Waals surface area contributed by atoms with Crippen molar-refractivity contribution < 1.29 is 24.2 Å². The summed E-state index contributed by atoms with van der Waals surface area (Å²) in [6, 6.07) is 17.3. The smallest absolute Gasteiger partial charge is 0.407 e. The Hall–Kier alpha value is -4.14. The molecule has 9 nitrogen and oxygen atoms in total. The summed E-state index contributed by atoms with van der Waals surface area (Å²) < 4.78 is 6.93. The van der Waals surface area contributed by atoms with Gasteiger partial charge in [-0.3, -0.25) is 14.3 Å². The molecule has 0 fully saturated rings. The number of hydrogen-bond acceptors (Lipinski definition) is 5. The van der Waals surface area contributed by atoms with Gasteiger partial charge in [-0.05, 0) is 34.7 Å². The number of aromatic nitrogens is 2. The summed E-state index contributed by atoms with van der Waals surface area (Å²) in [6.45, 7) is 2.10. The number of aliphatic carboxylic acids is 1. The fraction of sp³-hybridized carbons (Fsp3) is 0.308. The highest BCUT2D eigenvalue weighted by Crippen LogP contribution is 2.44. The maximum Gasteiger partial charge on any atom is 0.407 e. The summed E-state index contributed by atoms with van der Waals surface area (Å²) in [5.74, 6) is -1.42. The van der Waals surface area contributed by atoms with Crippen molar-refractivity contribution in [2.75, 3.05) is 6.61 Å². The number of hydrogen-bond donors (Lipinski definition) is 3. The third kappa shape index (κ3) is 5.34. The van der Waals surface area contributed by atoms with E-state index in [4.69, 9.17) is 9.84 Å². The largest absolute Gasteiger partial charge is 0.481 e. The number of carbonyl (C=O) groups excluding carboxylic acids is 2. The van der Waals surface area contributed by atoms with Gasteiger partial charge in [0.15, 0.2) is 0 Å². The third-order valence-corrected chi connectivity index (χ3v) is 6.17. The van der Waals surface area contributed by atoms with Crippen LogP contribution in [0.3, 0.4) is 0 Å². The minimum Gasteiger partial charge on any atom is -0.481 e. The van der Waals surface area contributed by atoms with Crippen LogP contribution in [0.4, 0.5) is 4.79 Å². The molecule has 9 heteroatoms. The first-order valence-corrected chi connectivity index (χ1v) is 11.5. The zero-order valence-electron chi connectivity index (χ0n) is 19.7. The number of amides is 2. The summed E-state index contributed by atoms with van der Waals surface area (Å²) in [5.41, 5.74) is 5.34. The zero-order valence-corrected chi connectivity index (χ0v) is 19.7. The molecule has 0 radical (unpaired) electrons. The van der Waals surface area contributed by atoms with Crippen LogP contribution in [0.25, 0.3) is 11.1 Å². The van der Waals surface area contributed by atoms with Gasteiger partial charge in [0, 0.05) is 19.0 Å². The fourth-order valence-corrected chi connectivity index (χ4v) is 4.41. The molecule has 3 N–H and O–H groups in total. The van der Waals surface area contributed by atoms with Gasteiger partial charge in [0.05, 0.1) is 18.7 Å². The molecule has 0 unspecified atom stereocenters. The summed E-state index contributed by atoms with van der Waals surface area (Å²) in [6.07, 6.45) is -0.237. The van der Waals surface area contributed by atoms with Gasteiger partial charge in [-0.15, -0.1) is 0 Å². The number of fused-ring (bicyclic) bond motifs is 3. The molecule has 1 aliphatic carbocycles.